The van der Waals surface area contributed by atoms with Crippen molar-refractivity contribution in [2.75, 3.05) is 6.26 Å². The first kappa shape index (κ1) is 30.4. The quantitative estimate of drug-likeness (QED) is 0.105. The van der Waals surface area contributed by atoms with E-state index in [1.807, 2.05) is 81.8 Å². The van der Waals surface area contributed by atoms with E-state index < -0.39 is 31.8 Å². The SMILES string of the molecule is CS(=O)(=O)[O-].O=[N+]([O-])c1ccc(OC(C[n+]2ccn(C/C=C/c3ccc(Cl)cc3)c2)c2cccs2)c([N+](=O)[O-])c1. The van der Waals surface area contributed by atoms with E-state index in [9.17, 15) is 20.2 Å². The molecule has 2 heterocycles. The molecule has 4 aromatic rings. The van der Waals surface area contributed by atoms with Gasteiger partial charge in [-0.3, -0.25) is 20.2 Å². The summed E-state index contributed by atoms with van der Waals surface area (Å²) < 4.78 is 37.2. The van der Waals surface area contributed by atoms with Crippen LogP contribution in [0.2, 0.25) is 5.02 Å². The van der Waals surface area contributed by atoms with E-state index in [1.165, 1.54) is 23.5 Å². The zero-order chi connectivity index (χ0) is 29.3. The topological polar surface area (TPSA) is 162 Å². The first-order valence-electron chi connectivity index (χ1n) is 11.4. The Morgan fingerprint density at radius 3 is 2.42 bits per heavy atom. The van der Waals surface area contributed by atoms with Crippen molar-refractivity contribution in [2.24, 2.45) is 0 Å². The number of aromatic nitrogens is 2. The van der Waals surface area contributed by atoms with Gasteiger partial charge in [0.2, 0.25) is 6.33 Å². The molecule has 1 unspecified atom stereocenters. The van der Waals surface area contributed by atoms with Crippen LogP contribution in [0.5, 0.6) is 5.75 Å². The second kappa shape index (κ2) is 13.8. The number of nitro benzene ring substituents is 2. The molecule has 1 atom stereocenters. The summed E-state index contributed by atoms with van der Waals surface area (Å²) in [5.41, 5.74) is 0.232. The molecule has 0 N–H and O–H groups in total. The van der Waals surface area contributed by atoms with Gasteiger partial charge in [0.15, 0.2) is 11.9 Å². The van der Waals surface area contributed by atoms with Crippen LogP contribution in [-0.4, -0.2) is 33.6 Å². The fraction of sp³-hybridized carbons (Fsp3) is 0.160. The lowest BCUT2D eigenvalue weighted by atomic mass is 10.2. The zero-order valence-electron chi connectivity index (χ0n) is 20.9. The number of rotatable bonds is 10. The van der Waals surface area contributed by atoms with E-state index >= 15 is 0 Å². The number of halogens is 1. The maximum atomic E-state index is 11.5. The van der Waals surface area contributed by atoms with E-state index in [0.29, 0.717) is 24.4 Å². The highest BCUT2D eigenvalue weighted by atomic mass is 35.5. The fourth-order valence-corrected chi connectivity index (χ4v) is 4.28. The molecule has 0 bridgehead atoms. The molecule has 0 fully saturated rings. The molecule has 0 saturated heterocycles. The highest BCUT2D eigenvalue weighted by molar-refractivity contribution is 7.84. The lowest BCUT2D eigenvalue weighted by molar-refractivity contribution is -0.703. The summed E-state index contributed by atoms with van der Waals surface area (Å²) in [6.07, 6.45) is 9.84. The zero-order valence-corrected chi connectivity index (χ0v) is 23.3. The van der Waals surface area contributed by atoms with Crippen molar-refractivity contribution in [2.45, 2.75) is 19.2 Å². The highest BCUT2D eigenvalue weighted by Crippen LogP contribution is 2.35. The van der Waals surface area contributed by atoms with Crippen LogP contribution in [0.1, 0.15) is 16.5 Å². The summed E-state index contributed by atoms with van der Waals surface area (Å²) in [5.74, 6) is -0.0232. The van der Waals surface area contributed by atoms with Gasteiger partial charge in [-0.2, -0.15) is 0 Å². The van der Waals surface area contributed by atoms with Crippen molar-refractivity contribution in [1.29, 1.82) is 0 Å². The summed E-state index contributed by atoms with van der Waals surface area (Å²) >= 11 is 7.38. The summed E-state index contributed by atoms with van der Waals surface area (Å²) in [5, 5.41) is 25.2. The fourth-order valence-electron chi connectivity index (χ4n) is 3.41. The predicted molar refractivity (Wildman–Crippen MR) is 148 cm³/mol. The van der Waals surface area contributed by atoms with Crippen LogP contribution >= 0.6 is 22.9 Å². The molecule has 2 aromatic heterocycles. The monoisotopic (exact) mass is 606 g/mol. The van der Waals surface area contributed by atoms with Crippen molar-refractivity contribution < 1.29 is 32.1 Å². The number of benzene rings is 2. The van der Waals surface area contributed by atoms with Gasteiger partial charge in [0, 0.05) is 22.2 Å². The number of nitro groups is 2. The number of non-ortho nitro benzene ring substituents is 1. The number of allylic oxidation sites excluding steroid dienone is 1. The molecule has 12 nitrogen and oxygen atoms in total. The van der Waals surface area contributed by atoms with E-state index in [-0.39, 0.29) is 11.4 Å². The van der Waals surface area contributed by atoms with Crippen molar-refractivity contribution in [1.82, 2.24) is 4.57 Å². The number of thiophene rings is 1. The van der Waals surface area contributed by atoms with Gasteiger partial charge in [0.1, 0.15) is 25.5 Å². The average Bonchev–Trinajstić information content (AvgIpc) is 3.56. The van der Waals surface area contributed by atoms with Crippen LogP contribution in [0, 0.1) is 20.2 Å². The van der Waals surface area contributed by atoms with Gasteiger partial charge in [0.25, 0.3) is 5.69 Å². The van der Waals surface area contributed by atoms with Gasteiger partial charge >= 0.3 is 5.69 Å². The lowest BCUT2D eigenvalue weighted by Crippen LogP contribution is -2.36. The molecule has 2 aromatic carbocycles. The van der Waals surface area contributed by atoms with Gasteiger partial charge in [-0.05, 0) is 41.3 Å². The van der Waals surface area contributed by atoms with Crippen LogP contribution in [0.25, 0.3) is 6.08 Å². The summed E-state index contributed by atoms with van der Waals surface area (Å²) in [4.78, 5) is 22.1. The van der Waals surface area contributed by atoms with Gasteiger partial charge < -0.3 is 9.29 Å². The van der Waals surface area contributed by atoms with Gasteiger partial charge in [0.05, 0.1) is 26.0 Å². The molecule has 0 aliphatic heterocycles. The molecular formula is C25H23ClN4O8S2. The highest BCUT2D eigenvalue weighted by Gasteiger charge is 2.26. The molecule has 40 heavy (non-hydrogen) atoms. The number of nitrogens with zero attached hydrogens (tertiary/aromatic N) is 4. The van der Waals surface area contributed by atoms with Crippen molar-refractivity contribution in [3.63, 3.8) is 0 Å². The Bertz CT molecular complexity index is 1580. The molecular weight excluding hydrogens is 584 g/mol. The minimum Gasteiger partial charge on any atom is -0.748 e. The number of ether oxygens (including phenoxy) is 1. The van der Waals surface area contributed by atoms with Gasteiger partial charge in [-0.25, -0.2) is 17.6 Å². The third kappa shape index (κ3) is 9.89. The number of hydrogen-bond acceptors (Lipinski definition) is 9. The smallest absolute Gasteiger partial charge is 0.317 e. The van der Waals surface area contributed by atoms with Gasteiger partial charge in [-0.15, -0.1) is 11.3 Å². The minimum absolute atomic E-state index is 0.0232. The predicted octanol–water partition coefficient (Wildman–Crippen LogP) is 5.00. The number of imidazole rings is 1. The van der Waals surface area contributed by atoms with E-state index in [2.05, 4.69) is 0 Å². The van der Waals surface area contributed by atoms with Crippen molar-refractivity contribution in [3.8, 4) is 5.75 Å². The molecule has 0 radical (unpaired) electrons. The summed E-state index contributed by atoms with van der Waals surface area (Å²) in [6.45, 7) is 1.04. The maximum absolute atomic E-state index is 11.5. The Kier molecular flexibility index (Phi) is 10.5. The first-order valence-corrected chi connectivity index (χ1v) is 14.5. The number of hydrogen-bond donors (Lipinski definition) is 0. The van der Waals surface area contributed by atoms with E-state index in [1.54, 1.807) is 0 Å². The molecule has 0 aliphatic carbocycles. The summed E-state index contributed by atoms with van der Waals surface area (Å²) in [6, 6.07) is 14.7. The molecule has 0 aliphatic rings. The molecule has 15 heteroatoms. The largest absolute Gasteiger partial charge is 0.748 e. The van der Waals surface area contributed by atoms with Crippen LogP contribution < -0.4 is 9.30 Å². The first-order chi connectivity index (χ1) is 18.9. The Morgan fingerprint density at radius 1 is 1.12 bits per heavy atom. The standard InChI is InChI=1S/C24H20ClN4O5S.CH4O3S/c25-19-7-5-18(6-8-19)3-1-11-26-12-13-27(17-26)16-23(24-4-2-14-35-24)34-22-10-9-20(28(30)31)15-21(22)29(32)33;1-5(2,3)4/h1-10,12-15,17,23H,11,16H2;1H3,(H,2,3,4)/q+1;/p-1/b3-1+;. The molecule has 0 spiro atoms. The minimum atomic E-state index is -3.92. The van der Waals surface area contributed by atoms with Crippen molar-refractivity contribution >= 4 is 50.5 Å². The molecule has 0 saturated carbocycles. The Morgan fingerprint density at radius 2 is 1.82 bits per heavy atom. The Hall–Kier alpha value is -4.11. The van der Waals surface area contributed by atoms with Crippen LogP contribution in [-0.2, 0) is 23.2 Å². The van der Waals surface area contributed by atoms with E-state index in [4.69, 9.17) is 29.3 Å². The molecule has 4 rings (SSSR count). The second-order valence-electron chi connectivity index (χ2n) is 8.25. The third-order valence-electron chi connectivity index (χ3n) is 5.10. The van der Waals surface area contributed by atoms with Crippen LogP contribution in [0.15, 0.2) is 84.8 Å². The Labute approximate surface area is 238 Å². The van der Waals surface area contributed by atoms with E-state index in [0.717, 1.165) is 16.5 Å². The van der Waals surface area contributed by atoms with Gasteiger partial charge in [-0.1, -0.05) is 35.9 Å². The van der Waals surface area contributed by atoms with Crippen LogP contribution in [0.4, 0.5) is 11.4 Å². The normalized spacial score (nSPS) is 12.0. The molecule has 0 amide bonds. The van der Waals surface area contributed by atoms with Crippen LogP contribution in [0.3, 0.4) is 0 Å². The summed E-state index contributed by atoms with van der Waals surface area (Å²) in [7, 11) is -3.92. The second-order valence-corrected chi connectivity index (χ2v) is 11.1. The Balaban J connectivity index is 0.000000810. The molecule has 210 valence electrons. The lowest BCUT2D eigenvalue weighted by Gasteiger charge is -2.16. The third-order valence-corrected chi connectivity index (χ3v) is 6.32. The average molecular weight is 607 g/mol. The maximum Gasteiger partial charge on any atom is 0.317 e. The van der Waals surface area contributed by atoms with Crippen molar-refractivity contribution in [3.05, 3.63) is 120 Å².